The van der Waals surface area contributed by atoms with Gasteiger partial charge >= 0.3 is 0 Å². The molecule has 2 aliphatic rings. The lowest BCUT2D eigenvalue weighted by molar-refractivity contribution is 0.168. The van der Waals surface area contributed by atoms with E-state index < -0.39 is 0 Å². The van der Waals surface area contributed by atoms with Crippen LogP contribution in [0.25, 0.3) is 0 Å². The van der Waals surface area contributed by atoms with E-state index in [4.69, 9.17) is 0 Å². The minimum Gasteiger partial charge on any atom is -0.314 e. The molecule has 2 aliphatic heterocycles. The van der Waals surface area contributed by atoms with Crippen molar-refractivity contribution in [2.45, 2.75) is 31.8 Å². The lowest BCUT2D eigenvalue weighted by Crippen LogP contribution is -2.52. The van der Waals surface area contributed by atoms with E-state index in [1.165, 1.54) is 39.0 Å². The van der Waals surface area contributed by atoms with Crippen LogP contribution < -0.4 is 10.6 Å². The van der Waals surface area contributed by atoms with Gasteiger partial charge < -0.3 is 15.5 Å². The maximum atomic E-state index is 3.75. The smallest absolute Gasteiger partial charge is 0.0193 e. The standard InChI is InChI=1S/C13H28N4/c1-12(17-9-5-14-6-10-17)11-15-13-3-7-16(2)8-4-13/h12-15H,3-11H2,1-2H3. The Balaban J connectivity index is 1.63. The highest BCUT2D eigenvalue weighted by molar-refractivity contribution is 4.80. The van der Waals surface area contributed by atoms with Gasteiger partial charge in [-0.2, -0.15) is 0 Å². The summed E-state index contributed by atoms with van der Waals surface area (Å²) < 4.78 is 0. The number of hydrogen-bond acceptors (Lipinski definition) is 4. The van der Waals surface area contributed by atoms with E-state index in [0.29, 0.717) is 6.04 Å². The number of nitrogens with zero attached hydrogens (tertiary/aromatic N) is 2. The molecule has 1 atom stereocenters. The van der Waals surface area contributed by atoms with Gasteiger partial charge in [0.25, 0.3) is 0 Å². The Bertz CT molecular complexity index is 207. The van der Waals surface area contributed by atoms with E-state index >= 15 is 0 Å². The summed E-state index contributed by atoms with van der Waals surface area (Å²) in [6.45, 7) is 10.7. The molecule has 0 spiro atoms. The highest BCUT2D eigenvalue weighted by Gasteiger charge is 2.19. The molecule has 2 fully saturated rings. The lowest BCUT2D eigenvalue weighted by atomic mass is 10.1. The molecule has 0 bridgehead atoms. The Labute approximate surface area is 106 Å². The van der Waals surface area contributed by atoms with Crippen molar-refractivity contribution in [2.24, 2.45) is 0 Å². The first-order chi connectivity index (χ1) is 8.25. The summed E-state index contributed by atoms with van der Waals surface area (Å²) in [7, 11) is 2.22. The number of nitrogens with one attached hydrogen (secondary N) is 2. The minimum absolute atomic E-state index is 0.678. The zero-order valence-electron chi connectivity index (χ0n) is 11.4. The third kappa shape index (κ3) is 4.21. The molecule has 2 N–H and O–H groups in total. The van der Waals surface area contributed by atoms with Crippen molar-refractivity contribution in [2.75, 3.05) is 52.9 Å². The fourth-order valence-corrected chi connectivity index (χ4v) is 2.80. The molecule has 0 saturated carbocycles. The van der Waals surface area contributed by atoms with Crippen molar-refractivity contribution in [1.29, 1.82) is 0 Å². The fraction of sp³-hybridized carbons (Fsp3) is 1.00. The Hall–Kier alpha value is -0.160. The van der Waals surface area contributed by atoms with Gasteiger partial charge in [-0.3, -0.25) is 4.90 Å². The largest absolute Gasteiger partial charge is 0.314 e. The molecule has 0 radical (unpaired) electrons. The molecule has 100 valence electrons. The highest BCUT2D eigenvalue weighted by Crippen LogP contribution is 2.08. The maximum absolute atomic E-state index is 3.75. The van der Waals surface area contributed by atoms with Crippen LogP contribution >= 0.6 is 0 Å². The molecule has 0 aliphatic carbocycles. The lowest BCUT2D eigenvalue weighted by Gasteiger charge is -2.35. The number of piperidine rings is 1. The molecule has 17 heavy (non-hydrogen) atoms. The van der Waals surface area contributed by atoms with Crippen LogP contribution in [-0.4, -0.2) is 74.7 Å². The van der Waals surface area contributed by atoms with Gasteiger partial charge in [-0.15, -0.1) is 0 Å². The van der Waals surface area contributed by atoms with Crippen molar-refractivity contribution in [3.63, 3.8) is 0 Å². The van der Waals surface area contributed by atoms with Crippen molar-refractivity contribution in [3.05, 3.63) is 0 Å². The molecule has 0 amide bonds. The molecular weight excluding hydrogens is 212 g/mol. The van der Waals surface area contributed by atoms with E-state index in [0.717, 1.165) is 25.7 Å². The number of likely N-dealkylation sites (tertiary alicyclic amines) is 1. The Morgan fingerprint density at radius 2 is 1.82 bits per heavy atom. The molecule has 0 aromatic heterocycles. The zero-order valence-corrected chi connectivity index (χ0v) is 11.4. The van der Waals surface area contributed by atoms with Crippen LogP contribution in [0, 0.1) is 0 Å². The van der Waals surface area contributed by atoms with Gasteiger partial charge in [0.1, 0.15) is 0 Å². The fourth-order valence-electron chi connectivity index (χ4n) is 2.80. The molecule has 2 rings (SSSR count). The minimum atomic E-state index is 0.678. The Morgan fingerprint density at radius 1 is 1.18 bits per heavy atom. The Morgan fingerprint density at radius 3 is 2.47 bits per heavy atom. The van der Waals surface area contributed by atoms with Crippen LogP contribution in [0.15, 0.2) is 0 Å². The maximum Gasteiger partial charge on any atom is 0.0193 e. The average molecular weight is 240 g/mol. The first kappa shape index (κ1) is 13.3. The summed E-state index contributed by atoms with van der Waals surface area (Å²) in [5.74, 6) is 0. The number of piperazine rings is 1. The number of rotatable bonds is 4. The van der Waals surface area contributed by atoms with Crippen molar-refractivity contribution in [1.82, 2.24) is 20.4 Å². The van der Waals surface area contributed by atoms with Crippen LogP contribution in [0.3, 0.4) is 0 Å². The average Bonchev–Trinajstić information content (AvgIpc) is 2.39. The van der Waals surface area contributed by atoms with Crippen LogP contribution in [0.5, 0.6) is 0 Å². The SMILES string of the molecule is CC(CNC1CCN(C)CC1)N1CCNCC1. The predicted octanol–water partition coefficient (Wildman–Crippen LogP) is -0.0361. The second-order valence-electron chi connectivity index (χ2n) is 5.62. The first-order valence-corrected chi connectivity index (χ1v) is 7.12. The Kier molecular flexibility index (Phi) is 5.22. The van der Waals surface area contributed by atoms with E-state index in [9.17, 15) is 0 Å². The molecule has 4 nitrogen and oxygen atoms in total. The molecule has 0 aromatic rings. The summed E-state index contributed by atoms with van der Waals surface area (Å²) >= 11 is 0. The van der Waals surface area contributed by atoms with Crippen LogP contribution in [0.2, 0.25) is 0 Å². The monoisotopic (exact) mass is 240 g/mol. The third-order valence-corrected chi connectivity index (χ3v) is 4.20. The summed E-state index contributed by atoms with van der Waals surface area (Å²) in [5, 5.41) is 7.16. The van der Waals surface area contributed by atoms with Crippen LogP contribution in [0.1, 0.15) is 19.8 Å². The summed E-state index contributed by atoms with van der Waals surface area (Å²) in [6, 6.07) is 1.42. The van der Waals surface area contributed by atoms with Gasteiger partial charge in [-0.25, -0.2) is 0 Å². The van der Waals surface area contributed by atoms with Gasteiger partial charge in [0.15, 0.2) is 0 Å². The molecule has 0 aromatic carbocycles. The molecular formula is C13H28N4. The van der Waals surface area contributed by atoms with Gasteiger partial charge in [0, 0.05) is 44.8 Å². The van der Waals surface area contributed by atoms with Gasteiger partial charge in [-0.05, 0) is 39.9 Å². The topological polar surface area (TPSA) is 30.5 Å². The van der Waals surface area contributed by atoms with Crippen molar-refractivity contribution in [3.8, 4) is 0 Å². The number of hydrogen-bond donors (Lipinski definition) is 2. The van der Waals surface area contributed by atoms with E-state index in [1.54, 1.807) is 0 Å². The highest BCUT2D eigenvalue weighted by atomic mass is 15.2. The van der Waals surface area contributed by atoms with E-state index in [-0.39, 0.29) is 0 Å². The van der Waals surface area contributed by atoms with E-state index in [2.05, 4.69) is 34.4 Å². The van der Waals surface area contributed by atoms with Gasteiger partial charge in [-0.1, -0.05) is 0 Å². The normalized spacial score (nSPS) is 27.2. The second kappa shape index (κ2) is 6.69. The van der Waals surface area contributed by atoms with Gasteiger partial charge in [0.05, 0.1) is 0 Å². The summed E-state index contributed by atoms with van der Waals surface area (Å²) in [5.41, 5.74) is 0. The molecule has 2 saturated heterocycles. The summed E-state index contributed by atoms with van der Waals surface area (Å²) in [6.07, 6.45) is 2.62. The summed E-state index contributed by atoms with van der Waals surface area (Å²) in [4.78, 5) is 5.02. The molecule has 2 heterocycles. The van der Waals surface area contributed by atoms with Crippen LogP contribution in [0.4, 0.5) is 0 Å². The molecule has 1 unspecified atom stereocenters. The zero-order chi connectivity index (χ0) is 12.1. The predicted molar refractivity (Wildman–Crippen MR) is 72.4 cm³/mol. The quantitative estimate of drug-likeness (QED) is 0.722. The van der Waals surface area contributed by atoms with Crippen molar-refractivity contribution < 1.29 is 0 Å². The third-order valence-electron chi connectivity index (χ3n) is 4.20. The van der Waals surface area contributed by atoms with Crippen LogP contribution in [-0.2, 0) is 0 Å². The molecule has 4 heteroatoms. The second-order valence-corrected chi connectivity index (χ2v) is 5.62. The van der Waals surface area contributed by atoms with Gasteiger partial charge in [0.2, 0.25) is 0 Å². The van der Waals surface area contributed by atoms with Crippen molar-refractivity contribution >= 4 is 0 Å². The van der Waals surface area contributed by atoms with E-state index in [1.807, 2.05) is 0 Å². The first-order valence-electron chi connectivity index (χ1n) is 7.12.